The number of nitrogens with zero attached hydrogens (tertiary/aromatic N) is 2. The Kier molecular flexibility index (Phi) is 14.6. The summed E-state index contributed by atoms with van der Waals surface area (Å²) in [6.45, 7) is 6.04. The highest BCUT2D eigenvalue weighted by Gasteiger charge is 2.48. The molecule has 2 amide bonds. The van der Waals surface area contributed by atoms with Crippen LogP contribution in [-0.2, 0) is 10.4 Å². The largest absolute Gasteiger partial charge is 0.490 e. The maximum atomic E-state index is 13.5. The molecule has 2 atom stereocenters. The predicted molar refractivity (Wildman–Crippen MR) is 186 cm³/mol. The van der Waals surface area contributed by atoms with Crippen molar-refractivity contribution in [3.8, 4) is 5.75 Å². The number of carbonyl (C=O) groups is 1. The van der Waals surface area contributed by atoms with Crippen molar-refractivity contribution in [1.29, 1.82) is 0 Å². The van der Waals surface area contributed by atoms with E-state index in [1.807, 2.05) is 84.9 Å². The van der Waals surface area contributed by atoms with Crippen molar-refractivity contribution in [3.63, 3.8) is 0 Å². The minimum Gasteiger partial charge on any atom is -0.490 e. The minimum absolute atomic E-state index is 0.0724. The molecule has 248 valence electrons. The summed E-state index contributed by atoms with van der Waals surface area (Å²) in [7, 11) is 0. The number of unbranched alkanes of at least 4 members (excludes halogenated alkanes) is 9. The van der Waals surface area contributed by atoms with Crippen molar-refractivity contribution >= 4 is 11.9 Å². The van der Waals surface area contributed by atoms with Crippen molar-refractivity contribution < 1.29 is 19.4 Å². The maximum Gasteiger partial charge on any atom is 0.345 e. The second-order valence-corrected chi connectivity index (χ2v) is 12.2. The summed E-state index contributed by atoms with van der Waals surface area (Å²) in [4.78, 5) is 20.3. The van der Waals surface area contributed by atoms with Crippen LogP contribution in [0.3, 0.4) is 0 Å². The Morgan fingerprint density at radius 1 is 0.761 bits per heavy atom. The molecular formula is C39H53N3O4. The van der Waals surface area contributed by atoms with E-state index < -0.39 is 17.8 Å². The first-order valence-corrected chi connectivity index (χ1v) is 17.4. The molecule has 0 saturated heterocycles. The number of hydrogen-bond acceptors (Lipinski definition) is 5. The van der Waals surface area contributed by atoms with E-state index in [9.17, 15) is 9.90 Å². The third-order valence-corrected chi connectivity index (χ3v) is 8.53. The van der Waals surface area contributed by atoms with E-state index in [2.05, 4.69) is 29.1 Å². The smallest absolute Gasteiger partial charge is 0.345 e. The number of rotatable bonds is 21. The quantitative estimate of drug-likeness (QED) is 0.116. The predicted octanol–water partition coefficient (Wildman–Crippen LogP) is 8.45. The van der Waals surface area contributed by atoms with Crippen LogP contribution in [0.5, 0.6) is 5.75 Å². The van der Waals surface area contributed by atoms with Crippen molar-refractivity contribution in [2.24, 2.45) is 4.99 Å². The highest BCUT2D eigenvalue weighted by Crippen LogP contribution is 2.41. The van der Waals surface area contributed by atoms with E-state index in [1.54, 1.807) is 0 Å². The summed E-state index contributed by atoms with van der Waals surface area (Å²) < 4.78 is 12.1. The van der Waals surface area contributed by atoms with E-state index in [0.29, 0.717) is 24.7 Å². The molecular weight excluding hydrogens is 574 g/mol. The van der Waals surface area contributed by atoms with Gasteiger partial charge in [-0.2, -0.15) is 4.99 Å². The Hall–Kier alpha value is -3.68. The third kappa shape index (κ3) is 9.66. The second-order valence-electron chi connectivity index (χ2n) is 12.2. The number of hydrogen-bond donors (Lipinski definition) is 2. The molecule has 0 bridgehead atoms. The van der Waals surface area contributed by atoms with Crippen LogP contribution in [0, 0.1) is 0 Å². The van der Waals surface area contributed by atoms with Crippen LogP contribution in [0.4, 0.5) is 4.79 Å². The number of nitrogens with one attached hydrogen (secondary N) is 1. The molecule has 7 nitrogen and oxygen atoms in total. The van der Waals surface area contributed by atoms with Crippen LogP contribution in [0.1, 0.15) is 101 Å². The van der Waals surface area contributed by atoms with Crippen molar-refractivity contribution in [2.75, 3.05) is 26.4 Å². The van der Waals surface area contributed by atoms with Gasteiger partial charge in [-0.25, -0.2) is 4.79 Å². The lowest BCUT2D eigenvalue weighted by Crippen LogP contribution is -2.63. The fourth-order valence-electron chi connectivity index (χ4n) is 6.13. The monoisotopic (exact) mass is 627 g/mol. The first-order chi connectivity index (χ1) is 22.6. The SMILES string of the molecule is CCCCCCCCCOCC(O)COc1ccccc1C1(c2ccccc2)NC(=O)N=C(c2ccccc2)N1CCCCCC. The number of aliphatic hydroxyl groups excluding tert-OH is 1. The number of ether oxygens (including phenoxy) is 2. The van der Waals surface area contributed by atoms with E-state index in [4.69, 9.17) is 9.47 Å². The number of amides is 2. The summed E-state index contributed by atoms with van der Waals surface area (Å²) in [6, 6.07) is 27.3. The molecule has 3 aromatic carbocycles. The van der Waals surface area contributed by atoms with E-state index in [0.717, 1.165) is 55.2 Å². The van der Waals surface area contributed by atoms with Gasteiger partial charge in [-0.1, -0.05) is 150 Å². The lowest BCUT2D eigenvalue weighted by atomic mass is 9.86. The van der Waals surface area contributed by atoms with E-state index in [1.165, 1.54) is 32.1 Å². The van der Waals surface area contributed by atoms with Crippen LogP contribution in [-0.4, -0.2) is 54.3 Å². The zero-order chi connectivity index (χ0) is 32.5. The molecule has 4 rings (SSSR count). The summed E-state index contributed by atoms with van der Waals surface area (Å²) in [5, 5.41) is 14.1. The van der Waals surface area contributed by atoms with Gasteiger partial charge in [0.15, 0.2) is 5.66 Å². The Labute approximate surface area is 276 Å². The Bertz CT molecular complexity index is 1330. The molecule has 0 saturated carbocycles. The first-order valence-electron chi connectivity index (χ1n) is 17.4. The lowest BCUT2D eigenvalue weighted by Gasteiger charge is -2.49. The van der Waals surface area contributed by atoms with Gasteiger partial charge in [-0.15, -0.1) is 0 Å². The Morgan fingerprint density at radius 2 is 1.37 bits per heavy atom. The number of aliphatic hydroxyl groups is 1. The van der Waals surface area contributed by atoms with Crippen molar-refractivity contribution in [3.05, 3.63) is 102 Å². The van der Waals surface area contributed by atoms with Crippen molar-refractivity contribution in [2.45, 2.75) is 96.2 Å². The number of para-hydroxylation sites is 1. The molecule has 1 aliphatic rings. The molecule has 7 heteroatoms. The zero-order valence-corrected chi connectivity index (χ0v) is 27.8. The molecule has 46 heavy (non-hydrogen) atoms. The summed E-state index contributed by atoms with van der Waals surface area (Å²) in [5.41, 5.74) is 1.47. The molecule has 1 heterocycles. The summed E-state index contributed by atoms with van der Waals surface area (Å²) in [6.07, 6.45) is 12.0. The van der Waals surface area contributed by atoms with Gasteiger partial charge in [-0.05, 0) is 18.9 Å². The summed E-state index contributed by atoms with van der Waals surface area (Å²) >= 11 is 0. The fourth-order valence-corrected chi connectivity index (χ4v) is 6.13. The van der Waals surface area contributed by atoms with Gasteiger partial charge in [0.2, 0.25) is 0 Å². The highest BCUT2D eigenvalue weighted by molar-refractivity contribution is 6.07. The van der Waals surface area contributed by atoms with Gasteiger partial charge < -0.3 is 24.8 Å². The van der Waals surface area contributed by atoms with E-state index in [-0.39, 0.29) is 13.2 Å². The van der Waals surface area contributed by atoms with Gasteiger partial charge in [0.1, 0.15) is 24.3 Å². The molecule has 0 aliphatic carbocycles. The topological polar surface area (TPSA) is 83.4 Å². The van der Waals surface area contributed by atoms with Gasteiger partial charge in [0.05, 0.1) is 6.61 Å². The second kappa shape index (κ2) is 19.1. The third-order valence-electron chi connectivity index (χ3n) is 8.53. The van der Waals surface area contributed by atoms with Gasteiger partial charge in [0.25, 0.3) is 0 Å². The average Bonchev–Trinajstić information content (AvgIpc) is 3.09. The maximum absolute atomic E-state index is 13.5. The van der Waals surface area contributed by atoms with Crippen LogP contribution in [0.25, 0.3) is 0 Å². The van der Waals surface area contributed by atoms with Crippen LogP contribution in [0.15, 0.2) is 89.9 Å². The van der Waals surface area contributed by atoms with Gasteiger partial charge in [0, 0.05) is 29.8 Å². The number of carbonyl (C=O) groups excluding carboxylic acids is 1. The zero-order valence-electron chi connectivity index (χ0n) is 27.8. The molecule has 1 aliphatic heterocycles. The molecule has 0 aromatic heterocycles. The van der Waals surface area contributed by atoms with Crippen molar-refractivity contribution in [1.82, 2.24) is 10.2 Å². The van der Waals surface area contributed by atoms with Crippen LogP contribution in [0.2, 0.25) is 0 Å². The number of benzene rings is 3. The summed E-state index contributed by atoms with van der Waals surface area (Å²) in [5.74, 6) is 1.21. The molecule has 2 unspecified atom stereocenters. The van der Waals surface area contributed by atoms with Gasteiger partial charge in [-0.3, -0.25) is 0 Å². The molecule has 0 spiro atoms. The Balaban J connectivity index is 1.58. The highest BCUT2D eigenvalue weighted by atomic mass is 16.5. The Morgan fingerprint density at radius 3 is 2.09 bits per heavy atom. The number of urea groups is 1. The first kappa shape index (κ1) is 35.2. The molecule has 2 N–H and O–H groups in total. The molecule has 0 fully saturated rings. The van der Waals surface area contributed by atoms with E-state index >= 15 is 0 Å². The average molecular weight is 628 g/mol. The molecule has 3 aromatic rings. The molecule has 0 radical (unpaired) electrons. The number of aliphatic imine (C=N–C) groups is 1. The van der Waals surface area contributed by atoms with Crippen LogP contribution < -0.4 is 10.1 Å². The lowest BCUT2D eigenvalue weighted by molar-refractivity contribution is 0.0102. The number of amidine groups is 1. The standard InChI is InChI=1S/C39H53N3O4/c1-3-5-7-9-10-11-21-29-45-30-34(43)31-46-36-27-19-18-26-35(36)39(33-24-16-13-17-25-33)41-38(44)40-37(32-22-14-12-15-23-32)42(39)28-20-8-6-4-2/h12-19,22-27,34,43H,3-11,20-21,28-31H2,1-2H3,(H,41,44). The van der Waals surface area contributed by atoms with Gasteiger partial charge >= 0.3 is 6.03 Å². The minimum atomic E-state index is -1.09. The van der Waals surface area contributed by atoms with Crippen LogP contribution >= 0.6 is 0 Å². The fraction of sp³-hybridized carbons (Fsp3) is 0.487. The normalized spacial score (nSPS) is 17.0.